The van der Waals surface area contributed by atoms with Gasteiger partial charge in [-0.2, -0.15) is 0 Å². The van der Waals surface area contributed by atoms with Gasteiger partial charge < -0.3 is 20.3 Å². The van der Waals surface area contributed by atoms with Crippen molar-refractivity contribution in [2.45, 2.75) is 45.7 Å². The van der Waals surface area contributed by atoms with Crippen LogP contribution in [0.1, 0.15) is 33.6 Å². The predicted octanol–water partition coefficient (Wildman–Crippen LogP) is 2.61. The van der Waals surface area contributed by atoms with E-state index in [1.54, 1.807) is 17.0 Å². The normalized spacial score (nSPS) is 17.2. The highest BCUT2D eigenvalue weighted by atomic mass is 16.5. The van der Waals surface area contributed by atoms with Gasteiger partial charge in [-0.15, -0.1) is 0 Å². The molecular weight excluding hydrogens is 294 g/mol. The van der Waals surface area contributed by atoms with Crippen LogP contribution in [0, 0.1) is 0 Å². The molecule has 1 heterocycles. The third kappa shape index (κ3) is 4.61. The van der Waals surface area contributed by atoms with E-state index in [1.807, 2.05) is 32.9 Å². The van der Waals surface area contributed by atoms with E-state index in [1.165, 1.54) is 0 Å². The Morgan fingerprint density at radius 1 is 1.30 bits per heavy atom. The molecular formula is C17H25N3O3. The van der Waals surface area contributed by atoms with Crippen molar-refractivity contribution in [3.8, 4) is 5.75 Å². The van der Waals surface area contributed by atoms with Crippen LogP contribution in [0.25, 0.3) is 0 Å². The highest BCUT2D eigenvalue weighted by Gasteiger charge is 2.34. The van der Waals surface area contributed by atoms with Crippen LogP contribution in [0.4, 0.5) is 10.5 Å². The molecule has 0 aromatic heterocycles. The van der Waals surface area contributed by atoms with E-state index in [0.29, 0.717) is 25.3 Å². The summed E-state index contributed by atoms with van der Waals surface area (Å²) >= 11 is 0. The molecule has 1 aliphatic heterocycles. The molecule has 1 aromatic rings. The minimum Gasteiger partial charge on any atom is -0.494 e. The van der Waals surface area contributed by atoms with Crippen molar-refractivity contribution in [1.29, 1.82) is 0 Å². The fourth-order valence-corrected chi connectivity index (χ4v) is 2.66. The first-order chi connectivity index (χ1) is 11.0. The largest absolute Gasteiger partial charge is 0.494 e. The quantitative estimate of drug-likeness (QED) is 0.876. The van der Waals surface area contributed by atoms with E-state index in [0.717, 1.165) is 12.2 Å². The Labute approximate surface area is 137 Å². The van der Waals surface area contributed by atoms with Gasteiger partial charge in [-0.1, -0.05) is 0 Å². The van der Waals surface area contributed by atoms with Gasteiger partial charge in [-0.05, 0) is 57.9 Å². The molecule has 0 bridgehead atoms. The molecule has 126 valence electrons. The number of carbonyl (C=O) groups is 2. The van der Waals surface area contributed by atoms with Crippen molar-refractivity contribution < 1.29 is 14.3 Å². The molecule has 23 heavy (non-hydrogen) atoms. The first kappa shape index (κ1) is 17.1. The average Bonchev–Trinajstić information content (AvgIpc) is 2.98. The zero-order valence-corrected chi connectivity index (χ0v) is 14.0. The molecule has 0 saturated carbocycles. The summed E-state index contributed by atoms with van der Waals surface area (Å²) in [5.74, 6) is 0.681. The molecule has 6 heteroatoms. The molecule has 1 fully saturated rings. The monoisotopic (exact) mass is 319 g/mol. The third-order valence-electron chi connectivity index (χ3n) is 3.66. The molecule has 0 unspecified atom stereocenters. The summed E-state index contributed by atoms with van der Waals surface area (Å²) in [5, 5.41) is 5.72. The SMILES string of the molecule is CCOc1ccc(NC(=O)N2CCC[C@@H]2C(=O)NC(C)C)cc1. The zero-order valence-electron chi connectivity index (χ0n) is 14.0. The van der Waals surface area contributed by atoms with Crippen LogP contribution < -0.4 is 15.4 Å². The van der Waals surface area contributed by atoms with E-state index < -0.39 is 0 Å². The molecule has 1 aliphatic rings. The van der Waals surface area contributed by atoms with Gasteiger partial charge in [0.2, 0.25) is 5.91 Å². The summed E-state index contributed by atoms with van der Waals surface area (Å²) in [5.41, 5.74) is 0.688. The smallest absolute Gasteiger partial charge is 0.322 e. The molecule has 1 aromatic carbocycles. The lowest BCUT2D eigenvalue weighted by molar-refractivity contribution is -0.125. The second kappa shape index (κ2) is 7.85. The lowest BCUT2D eigenvalue weighted by Crippen LogP contribution is -2.48. The second-order valence-corrected chi connectivity index (χ2v) is 5.90. The summed E-state index contributed by atoms with van der Waals surface area (Å²) in [6.07, 6.45) is 1.54. The molecule has 0 radical (unpaired) electrons. The van der Waals surface area contributed by atoms with E-state index in [-0.39, 0.29) is 24.0 Å². The summed E-state index contributed by atoms with van der Waals surface area (Å²) in [4.78, 5) is 26.2. The number of anilines is 1. The van der Waals surface area contributed by atoms with Gasteiger partial charge in [0.15, 0.2) is 0 Å². The molecule has 0 spiro atoms. The number of rotatable bonds is 5. The van der Waals surface area contributed by atoms with E-state index in [2.05, 4.69) is 10.6 Å². The van der Waals surface area contributed by atoms with Gasteiger partial charge >= 0.3 is 6.03 Å². The first-order valence-electron chi connectivity index (χ1n) is 8.12. The van der Waals surface area contributed by atoms with Gasteiger partial charge in [0.05, 0.1) is 6.61 Å². The van der Waals surface area contributed by atoms with Crippen molar-refractivity contribution in [3.63, 3.8) is 0 Å². The zero-order chi connectivity index (χ0) is 16.8. The van der Waals surface area contributed by atoms with Crippen molar-refractivity contribution in [3.05, 3.63) is 24.3 Å². The number of benzene rings is 1. The number of carbonyl (C=O) groups excluding carboxylic acids is 2. The van der Waals surface area contributed by atoms with Crippen LogP contribution in [0.15, 0.2) is 24.3 Å². The maximum Gasteiger partial charge on any atom is 0.322 e. The Bertz CT molecular complexity index is 543. The van der Waals surface area contributed by atoms with Crippen LogP contribution in [0.3, 0.4) is 0 Å². The van der Waals surface area contributed by atoms with Crippen LogP contribution in [-0.4, -0.2) is 42.1 Å². The van der Waals surface area contributed by atoms with Gasteiger partial charge in [0.25, 0.3) is 0 Å². The van der Waals surface area contributed by atoms with E-state index >= 15 is 0 Å². The van der Waals surface area contributed by atoms with E-state index in [9.17, 15) is 9.59 Å². The van der Waals surface area contributed by atoms with E-state index in [4.69, 9.17) is 4.74 Å². The molecule has 2 rings (SSSR count). The van der Waals surface area contributed by atoms with Crippen LogP contribution in [0.2, 0.25) is 0 Å². The summed E-state index contributed by atoms with van der Waals surface area (Å²) in [6, 6.07) is 6.65. The summed E-state index contributed by atoms with van der Waals surface area (Å²) < 4.78 is 5.38. The lowest BCUT2D eigenvalue weighted by atomic mass is 10.2. The Morgan fingerprint density at radius 2 is 2.00 bits per heavy atom. The Morgan fingerprint density at radius 3 is 2.61 bits per heavy atom. The van der Waals surface area contributed by atoms with Gasteiger partial charge in [0.1, 0.15) is 11.8 Å². The molecule has 1 saturated heterocycles. The van der Waals surface area contributed by atoms with Crippen LogP contribution in [-0.2, 0) is 4.79 Å². The lowest BCUT2D eigenvalue weighted by Gasteiger charge is -2.25. The topological polar surface area (TPSA) is 70.7 Å². The average molecular weight is 319 g/mol. The van der Waals surface area contributed by atoms with Crippen LogP contribution >= 0.6 is 0 Å². The standard InChI is InChI=1S/C17H25N3O3/c1-4-23-14-9-7-13(8-10-14)19-17(22)20-11-5-6-15(20)16(21)18-12(2)3/h7-10,12,15H,4-6,11H2,1-3H3,(H,18,21)(H,19,22)/t15-/m1/s1. The maximum atomic E-state index is 12.4. The Kier molecular flexibility index (Phi) is 5.84. The molecule has 6 nitrogen and oxygen atoms in total. The minimum absolute atomic E-state index is 0.0686. The van der Waals surface area contributed by atoms with Crippen molar-refractivity contribution in [1.82, 2.24) is 10.2 Å². The highest BCUT2D eigenvalue weighted by molar-refractivity contribution is 5.94. The van der Waals surface area contributed by atoms with Crippen molar-refractivity contribution >= 4 is 17.6 Å². The van der Waals surface area contributed by atoms with Gasteiger partial charge in [-0.3, -0.25) is 4.79 Å². The number of nitrogens with zero attached hydrogens (tertiary/aromatic N) is 1. The van der Waals surface area contributed by atoms with Gasteiger partial charge in [-0.25, -0.2) is 4.79 Å². The molecule has 1 atom stereocenters. The number of amides is 3. The molecule has 0 aliphatic carbocycles. The van der Waals surface area contributed by atoms with Gasteiger partial charge in [0, 0.05) is 18.3 Å². The fraction of sp³-hybridized carbons (Fsp3) is 0.529. The fourth-order valence-electron chi connectivity index (χ4n) is 2.66. The molecule has 2 N–H and O–H groups in total. The number of hydrogen-bond acceptors (Lipinski definition) is 3. The third-order valence-corrected chi connectivity index (χ3v) is 3.66. The van der Waals surface area contributed by atoms with Crippen LogP contribution in [0.5, 0.6) is 5.75 Å². The Hall–Kier alpha value is -2.24. The predicted molar refractivity (Wildman–Crippen MR) is 89.6 cm³/mol. The first-order valence-corrected chi connectivity index (χ1v) is 8.12. The minimum atomic E-state index is -0.389. The van der Waals surface area contributed by atoms with Crippen molar-refractivity contribution in [2.24, 2.45) is 0 Å². The maximum absolute atomic E-state index is 12.4. The number of hydrogen-bond donors (Lipinski definition) is 2. The molecule has 3 amide bonds. The second-order valence-electron chi connectivity index (χ2n) is 5.90. The summed E-state index contributed by atoms with van der Waals surface area (Å²) in [7, 11) is 0. The number of nitrogens with one attached hydrogen (secondary N) is 2. The highest BCUT2D eigenvalue weighted by Crippen LogP contribution is 2.20. The Balaban J connectivity index is 1.97. The number of ether oxygens (including phenoxy) is 1. The number of urea groups is 1. The van der Waals surface area contributed by atoms with Crippen molar-refractivity contribution in [2.75, 3.05) is 18.5 Å². The summed E-state index contributed by atoms with van der Waals surface area (Å²) in [6.45, 7) is 6.95. The number of likely N-dealkylation sites (tertiary alicyclic amines) is 1.